The molecule has 8 heteroatoms. The van der Waals surface area contributed by atoms with E-state index in [1.54, 1.807) is 23.7 Å². The van der Waals surface area contributed by atoms with E-state index in [9.17, 15) is 4.79 Å². The van der Waals surface area contributed by atoms with Crippen molar-refractivity contribution in [3.8, 4) is 0 Å². The predicted octanol–water partition coefficient (Wildman–Crippen LogP) is 5.52. The molecule has 0 aliphatic heterocycles. The lowest BCUT2D eigenvalue weighted by molar-refractivity contribution is 0.266. The lowest BCUT2D eigenvalue weighted by Crippen LogP contribution is -2.21. The molecule has 0 unspecified atom stereocenters. The molecule has 0 aliphatic carbocycles. The Morgan fingerprint density at radius 3 is 2.45 bits per heavy atom. The molecule has 0 atom stereocenters. The third-order valence-corrected chi connectivity index (χ3v) is 5.93. The number of amides is 1. The molecule has 1 aromatic heterocycles. The number of hydrogen-bond acceptors (Lipinski definition) is 5. The quantitative estimate of drug-likeness (QED) is 0.671. The predicted molar refractivity (Wildman–Crippen MR) is 90.0 cm³/mol. The van der Waals surface area contributed by atoms with Gasteiger partial charge in [0.05, 0.1) is 0 Å². The molecule has 1 amide bonds. The van der Waals surface area contributed by atoms with Crippen LogP contribution in [-0.4, -0.2) is 23.5 Å². The summed E-state index contributed by atoms with van der Waals surface area (Å²) < 4.78 is 0.937. The van der Waals surface area contributed by atoms with Gasteiger partial charge in [0.25, 0.3) is 5.24 Å². The second-order valence-electron chi connectivity index (χ2n) is 3.67. The fourth-order valence-corrected chi connectivity index (χ4v) is 4.05. The van der Waals surface area contributed by atoms with Gasteiger partial charge in [0.15, 0.2) is 9.49 Å². The maximum Gasteiger partial charge on any atom is 0.292 e. The summed E-state index contributed by atoms with van der Waals surface area (Å²) in [6.07, 6.45) is 2.01. The van der Waals surface area contributed by atoms with Crippen LogP contribution in [0.3, 0.4) is 0 Å². The Morgan fingerprint density at radius 2 is 1.95 bits per heavy atom. The van der Waals surface area contributed by atoms with Crippen LogP contribution in [0.5, 0.6) is 0 Å². The van der Waals surface area contributed by atoms with Crippen LogP contribution in [-0.2, 0) is 0 Å². The van der Waals surface area contributed by atoms with Gasteiger partial charge in [0.2, 0.25) is 0 Å². The van der Waals surface area contributed by atoms with Crippen molar-refractivity contribution >= 4 is 69.0 Å². The zero-order valence-electron chi connectivity index (χ0n) is 10.6. The molecule has 1 aromatic carbocycles. The van der Waals surface area contributed by atoms with Crippen LogP contribution in [0.2, 0.25) is 9.49 Å². The normalized spacial score (nSPS) is 10.6. The van der Waals surface area contributed by atoms with Crippen LogP contribution in [0.4, 0.5) is 10.5 Å². The number of halogens is 2. The molecule has 3 nitrogen and oxygen atoms in total. The zero-order valence-corrected chi connectivity index (χ0v) is 14.6. The van der Waals surface area contributed by atoms with Gasteiger partial charge in [0.1, 0.15) is 4.34 Å². The number of hydrogen-bond donors (Lipinski definition) is 0. The molecule has 0 spiro atoms. The molecule has 0 saturated carbocycles. The summed E-state index contributed by atoms with van der Waals surface area (Å²) in [7, 11) is 1.72. The summed E-state index contributed by atoms with van der Waals surface area (Å²) in [5.41, 5.74) is 0.828. The Labute approximate surface area is 139 Å². The summed E-state index contributed by atoms with van der Waals surface area (Å²) in [6.45, 7) is 0. The van der Waals surface area contributed by atoms with Crippen molar-refractivity contribution in [1.29, 1.82) is 0 Å². The largest absolute Gasteiger partial charge is 0.306 e. The van der Waals surface area contributed by atoms with Gasteiger partial charge in [-0.15, -0.1) is 11.8 Å². The van der Waals surface area contributed by atoms with Gasteiger partial charge in [-0.25, -0.2) is 4.98 Å². The molecular weight excluding hydrogens is 355 g/mol. The number of anilines is 1. The van der Waals surface area contributed by atoms with Crippen molar-refractivity contribution in [2.75, 3.05) is 18.2 Å². The number of carbonyl (C=O) groups excluding carboxylic acids is 1. The Kier molecular flexibility index (Phi) is 5.63. The molecule has 2 aromatic rings. The number of thiazole rings is 1. The summed E-state index contributed by atoms with van der Waals surface area (Å²) >= 11 is 15.5. The number of carbonyl (C=O) groups is 1. The van der Waals surface area contributed by atoms with Crippen molar-refractivity contribution in [2.24, 2.45) is 0 Å². The first-order chi connectivity index (χ1) is 9.51. The van der Waals surface area contributed by atoms with Gasteiger partial charge < -0.3 is 4.90 Å². The highest BCUT2D eigenvalue weighted by Crippen LogP contribution is 2.35. The fourth-order valence-electron chi connectivity index (χ4n) is 1.36. The average molecular weight is 365 g/mol. The van der Waals surface area contributed by atoms with Crippen LogP contribution in [0.15, 0.2) is 33.5 Å². The second kappa shape index (κ2) is 7.04. The number of nitrogens with zero attached hydrogens (tertiary/aromatic N) is 2. The Morgan fingerprint density at radius 1 is 1.30 bits per heavy atom. The molecule has 0 N–H and O–H groups in total. The number of benzene rings is 1. The summed E-state index contributed by atoms with van der Waals surface area (Å²) in [5.74, 6) is 0. The van der Waals surface area contributed by atoms with Crippen LogP contribution in [0, 0.1) is 0 Å². The second-order valence-corrected chi connectivity index (χ2v) is 7.71. The van der Waals surface area contributed by atoms with Crippen molar-refractivity contribution in [1.82, 2.24) is 4.98 Å². The van der Waals surface area contributed by atoms with Gasteiger partial charge in [0, 0.05) is 29.4 Å². The summed E-state index contributed by atoms with van der Waals surface area (Å²) in [6, 6.07) is 7.77. The smallest absolute Gasteiger partial charge is 0.292 e. The maximum absolute atomic E-state index is 12.2. The molecule has 2 rings (SSSR count). The third-order valence-electron chi connectivity index (χ3n) is 2.44. The fraction of sp³-hybridized carbons (Fsp3) is 0.167. The van der Waals surface area contributed by atoms with E-state index in [-0.39, 0.29) is 10.4 Å². The molecule has 0 fully saturated rings. The van der Waals surface area contributed by atoms with E-state index in [1.807, 2.05) is 30.5 Å². The molecule has 0 aliphatic rings. The van der Waals surface area contributed by atoms with Gasteiger partial charge in [-0.3, -0.25) is 4.79 Å². The van der Waals surface area contributed by atoms with Crippen LogP contribution in [0.1, 0.15) is 0 Å². The monoisotopic (exact) mass is 364 g/mol. The van der Waals surface area contributed by atoms with E-state index >= 15 is 0 Å². The van der Waals surface area contributed by atoms with Crippen LogP contribution < -0.4 is 4.90 Å². The van der Waals surface area contributed by atoms with Gasteiger partial charge in [-0.1, -0.05) is 34.5 Å². The molecule has 106 valence electrons. The number of rotatable bonds is 3. The van der Waals surface area contributed by atoms with E-state index in [0.29, 0.717) is 8.68 Å². The van der Waals surface area contributed by atoms with Crippen molar-refractivity contribution in [2.45, 2.75) is 9.24 Å². The highest BCUT2D eigenvalue weighted by atomic mass is 35.5. The molecule has 20 heavy (non-hydrogen) atoms. The van der Waals surface area contributed by atoms with Crippen LogP contribution >= 0.6 is 58.1 Å². The molecule has 0 radical (unpaired) electrons. The number of aromatic nitrogens is 1. The lowest BCUT2D eigenvalue weighted by atomic mass is 10.3. The minimum Gasteiger partial charge on any atom is -0.306 e. The first-order valence-corrected chi connectivity index (χ1v) is 9.04. The van der Waals surface area contributed by atoms with Crippen molar-refractivity contribution in [3.05, 3.63) is 33.8 Å². The van der Waals surface area contributed by atoms with Gasteiger partial charge >= 0.3 is 0 Å². The average Bonchev–Trinajstić information content (AvgIpc) is 2.76. The third kappa shape index (κ3) is 3.83. The SMILES string of the molecule is CSc1ccc(N(C)C(=O)Sc2nc(Cl)c(Cl)s2)cc1. The van der Waals surface area contributed by atoms with Gasteiger partial charge in [-0.05, 0) is 30.5 Å². The minimum atomic E-state index is -0.135. The van der Waals surface area contributed by atoms with E-state index < -0.39 is 0 Å². The lowest BCUT2D eigenvalue weighted by Gasteiger charge is -2.16. The first-order valence-electron chi connectivity index (χ1n) is 5.42. The Balaban J connectivity index is 2.07. The molecule has 0 saturated heterocycles. The molecule has 1 heterocycles. The molecule has 0 bridgehead atoms. The standard InChI is InChI=1S/C12H10Cl2N2OS3/c1-16(7-3-5-8(18-2)6-4-7)12(17)20-11-15-9(13)10(14)19-11/h3-6H,1-2H3. The topological polar surface area (TPSA) is 33.2 Å². The molecular formula is C12H10Cl2N2OS3. The number of thioether (sulfide) groups is 2. The van der Waals surface area contributed by atoms with E-state index in [0.717, 1.165) is 22.3 Å². The Bertz CT molecular complexity index is 596. The van der Waals surface area contributed by atoms with Crippen molar-refractivity contribution < 1.29 is 4.79 Å². The van der Waals surface area contributed by atoms with E-state index in [4.69, 9.17) is 23.2 Å². The first kappa shape index (κ1) is 16.0. The summed E-state index contributed by atoms with van der Waals surface area (Å²) in [4.78, 5) is 18.9. The van der Waals surface area contributed by atoms with E-state index in [1.165, 1.54) is 11.3 Å². The minimum absolute atomic E-state index is 0.135. The highest BCUT2D eigenvalue weighted by molar-refractivity contribution is 8.15. The maximum atomic E-state index is 12.2. The van der Waals surface area contributed by atoms with E-state index in [2.05, 4.69) is 4.98 Å². The Hall–Kier alpha value is -0.400. The zero-order chi connectivity index (χ0) is 14.7. The highest BCUT2D eigenvalue weighted by Gasteiger charge is 2.16. The van der Waals surface area contributed by atoms with Crippen molar-refractivity contribution in [3.63, 3.8) is 0 Å². The van der Waals surface area contributed by atoms with Crippen LogP contribution in [0.25, 0.3) is 0 Å². The summed E-state index contributed by atoms with van der Waals surface area (Å²) in [5, 5.41) is 0.0999. The van der Waals surface area contributed by atoms with Gasteiger partial charge in [-0.2, -0.15) is 0 Å².